The molecule has 0 unspecified atom stereocenters. The van der Waals surface area contributed by atoms with Gasteiger partial charge in [-0.15, -0.1) is 0 Å². The Bertz CT molecular complexity index is 954. The maximum Gasteiger partial charge on any atom is 0.331 e. The number of carbonyl (C=O) groups is 2. The molecule has 3 rings (SSSR count). The largest absolute Gasteiger partial charge is 0.493 e. The number of nitrogens with one attached hydrogen (secondary N) is 1. The average Bonchev–Trinajstić information content (AvgIpc) is 3.23. The third-order valence-electron chi connectivity index (χ3n) is 4.45. The van der Waals surface area contributed by atoms with E-state index in [0.717, 1.165) is 5.56 Å². The van der Waals surface area contributed by atoms with Gasteiger partial charge in [-0.3, -0.25) is 4.79 Å². The van der Waals surface area contributed by atoms with Crippen LogP contribution in [0.2, 0.25) is 0 Å². The molecule has 0 radical (unpaired) electrons. The third kappa shape index (κ3) is 5.02. The molecule has 8 nitrogen and oxygen atoms in total. The minimum Gasteiger partial charge on any atom is -0.493 e. The quantitative estimate of drug-likeness (QED) is 0.525. The first-order chi connectivity index (χ1) is 14.5. The first-order valence-corrected chi connectivity index (χ1v) is 9.26. The Morgan fingerprint density at radius 2 is 1.93 bits per heavy atom. The highest BCUT2D eigenvalue weighted by molar-refractivity contribution is 5.90. The molecule has 1 heterocycles. The van der Waals surface area contributed by atoms with Gasteiger partial charge in [-0.05, 0) is 36.8 Å². The van der Waals surface area contributed by atoms with E-state index in [9.17, 15) is 9.59 Å². The fourth-order valence-corrected chi connectivity index (χ4v) is 2.93. The fourth-order valence-electron chi connectivity index (χ4n) is 2.93. The van der Waals surface area contributed by atoms with Gasteiger partial charge in [0.05, 0.1) is 20.3 Å². The normalized spacial score (nSPS) is 13.0. The predicted octanol–water partition coefficient (Wildman–Crippen LogP) is 2.87. The molecule has 1 amide bonds. The van der Waals surface area contributed by atoms with Crippen LogP contribution >= 0.6 is 0 Å². The summed E-state index contributed by atoms with van der Waals surface area (Å²) < 4.78 is 26.1. The van der Waals surface area contributed by atoms with Crippen molar-refractivity contribution in [2.75, 3.05) is 27.6 Å². The summed E-state index contributed by atoms with van der Waals surface area (Å²) in [5.41, 5.74) is 1.50. The van der Waals surface area contributed by atoms with Crippen molar-refractivity contribution in [1.82, 2.24) is 5.32 Å². The number of carbonyl (C=O) groups excluding carboxylic acids is 2. The maximum atomic E-state index is 12.1. The van der Waals surface area contributed by atoms with Gasteiger partial charge in [0, 0.05) is 11.6 Å². The van der Waals surface area contributed by atoms with Crippen LogP contribution in [-0.4, -0.2) is 39.5 Å². The van der Waals surface area contributed by atoms with E-state index in [2.05, 4.69) is 5.32 Å². The molecule has 0 saturated heterocycles. The van der Waals surface area contributed by atoms with Crippen molar-refractivity contribution >= 4 is 18.0 Å². The van der Waals surface area contributed by atoms with Crippen molar-refractivity contribution in [1.29, 1.82) is 0 Å². The lowest BCUT2D eigenvalue weighted by Gasteiger charge is -2.14. The summed E-state index contributed by atoms with van der Waals surface area (Å²) in [5, 5.41) is 2.78. The highest BCUT2D eigenvalue weighted by Crippen LogP contribution is 2.34. The van der Waals surface area contributed by atoms with Crippen LogP contribution in [0.15, 0.2) is 42.5 Å². The van der Waals surface area contributed by atoms with Crippen LogP contribution in [0.4, 0.5) is 0 Å². The minimum absolute atomic E-state index is 0.185. The van der Waals surface area contributed by atoms with Crippen LogP contribution in [0.3, 0.4) is 0 Å². The number of ether oxygens (including phenoxy) is 5. The Balaban J connectivity index is 1.51. The summed E-state index contributed by atoms with van der Waals surface area (Å²) >= 11 is 0. The van der Waals surface area contributed by atoms with Crippen molar-refractivity contribution in [3.8, 4) is 23.0 Å². The predicted molar refractivity (Wildman–Crippen MR) is 109 cm³/mol. The summed E-state index contributed by atoms with van der Waals surface area (Å²) in [5.74, 6) is 1.29. The molecule has 30 heavy (non-hydrogen) atoms. The zero-order chi connectivity index (χ0) is 21.5. The van der Waals surface area contributed by atoms with Crippen LogP contribution in [0.1, 0.15) is 24.1 Å². The summed E-state index contributed by atoms with van der Waals surface area (Å²) in [6.45, 7) is 1.62. The van der Waals surface area contributed by atoms with Gasteiger partial charge >= 0.3 is 5.97 Å². The second kappa shape index (κ2) is 9.69. The van der Waals surface area contributed by atoms with Crippen LogP contribution in [0.25, 0.3) is 6.08 Å². The molecular weight excluding hydrogens is 390 g/mol. The molecule has 0 aromatic heterocycles. The standard InChI is InChI=1S/C22H23NO7/c1-14(16-7-9-17-19(11-16)30-13-29-17)23-20(24)12-28-21(25)10-8-15-5-4-6-18(26-2)22(15)27-3/h4-11,14H,12-13H2,1-3H3,(H,23,24)/b10-8+/t14-/m0/s1. The summed E-state index contributed by atoms with van der Waals surface area (Å²) in [6.07, 6.45) is 2.77. The van der Waals surface area contributed by atoms with Gasteiger partial charge in [0.25, 0.3) is 5.91 Å². The number of methoxy groups -OCH3 is 2. The number of benzene rings is 2. The van der Waals surface area contributed by atoms with E-state index in [0.29, 0.717) is 28.6 Å². The SMILES string of the molecule is COc1cccc(/C=C/C(=O)OCC(=O)N[C@@H](C)c2ccc3c(c2)OCO3)c1OC. The molecular formula is C22H23NO7. The molecule has 0 bridgehead atoms. The van der Waals surface area contributed by atoms with E-state index in [-0.39, 0.29) is 12.8 Å². The van der Waals surface area contributed by atoms with E-state index in [1.165, 1.54) is 26.4 Å². The van der Waals surface area contributed by atoms with Gasteiger partial charge in [0.1, 0.15) is 0 Å². The van der Waals surface area contributed by atoms with Gasteiger partial charge in [-0.25, -0.2) is 4.79 Å². The van der Waals surface area contributed by atoms with Gasteiger partial charge in [0.15, 0.2) is 29.6 Å². The maximum absolute atomic E-state index is 12.1. The Morgan fingerprint density at radius 3 is 2.70 bits per heavy atom. The van der Waals surface area contributed by atoms with Crippen LogP contribution < -0.4 is 24.3 Å². The van der Waals surface area contributed by atoms with E-state index in [1.54, 1.807) is 24.3 Å². The number of hydrogen-bond donors (Lipinski definition) is 1. The fraction of sp³-hybridized carbons (Fsp3) is 0.273. The molecule has 1 atom stereocenters. The monoisotopic (exact) mass is 413 g/mol. The van der Waals surface area contributed by atoms with E-state index in [1.807, 2.05) is 19.1 Å². The average molecular weight is 413 g/mol. The minimum atomic E-state index is -0.647. The van der Waals surface area contributed by atoms with E-state index < -0.39 is 18.5 Å². The Morgan fingerprint density at radius 1 is 1.13 bits per heavy atom. The van der Waals surface area contributed by atoms with Crippen LogP contribution in [0.5, 0.6) is 23.0 Å². The molecule has 0 saturated carbocycles. The Kier molecular flexibility index (Phi) is 6.79. The van der Waals surface area contributed by atoms with Gasteiger partial charge < -0.3 is 29.0 Å². The second-order valence-corrected chi connectivity index (χ2v) is 6.43. The molecule has 2 aromatic rings. The number of amides is 1. The van der Waals surface area contributed by atoms with E-state index >= 15 is 0 Å². The summed E-state index contributed by atoms with van der Waals surface area (Å²) in [4.78, 5) is 24.1. The first kappa shape index (κ1) is 21.0. The third-order valence-corrected chi connectivity index (χ3v) is 4.45. The molecule has 158 valence electrons. The number of hydrogen-bond acceptors (Lipinski definition) is 7. The molecule has 0 spiro atoms. The first-order valence-electron chi connectivity index (χ1n) is 9.26. The molecule has 1 aliphatic heterocycles. The van der Waals surface area contributed by atoms with Gasteiger partial charge in [-0.1, -0.05) is 18.2 Å². The molecule has 1 aliphatic rings. The second-order valence-electron chi connectivity index (χ2n) is 6.43. The molecule has 1 N–H and O–H groups in total. The van der Waals surface area contributed by atoms with Crippen molar-refractivity contribution in [3.63, 3.8) is 0 Å². The highest BCUT2D eigenvalue weighted by atomic mass is 16.7. The van der Waals surface area contributed by atoms with Gasteiger partial charge in [-0.2, -0.15) is 0 Å². The molecule has 0 fully saturated rings. The Labute approximate surface area is 174 Å². The van der Waals surface area contributed by atoms with Crippen LogP contribution in [-0.2, 0) is 14.3 Å². The number of fused-ring (bicyclic) bond motifs is 1. The lowest BCUT2D eigenvalue weighted by molar-refractivity contribution is -0.144. The Hall–Kier alpha value is -3.68. The highest BCUT2D eigenvalue weighted by Gasteiger charge is 2.17. The van der Waals surface area contributed by atoms with Crippen LogP contribution in [0, 0.1) is 0 Å². The van der Waals surface area contributed by atoms with Crippen molar-refractivity contribution in [3.05, 3.63) is 53.6 Å². The van der Waals surface area contributed by atoms with Gasteiger partial charge in [0.2, 0.25) is 6.79 Å². The molecule has 8 heteroatoms. The molecule has 2 aromatic carbocycles. The summed E-state index contributed by atoms with van der Waals surface area (Å²) in [6, 6.07) is 10.4. The van der Waals surface area contributed by atoms with Crippen molar-refractivity contribution in [2.24, 2.45) is 0 Å². The number of para-hydroxylation sites is 1. The smallest absolute Gasteiger partial charge is 0.331 e. The lowest BCUT2D eigenvalue weighted by atomic mass is 10.1. The molecule has 0 aliphatic carbocycles. The van der Waals surface area contributed by atoms with Crippen molar-refractivity contribution in [2.45, 2.75) is 13.0 Å². The zero-order valence-corrected chi connectivity index (χ0v) is 17.0. The topological polar surface area (TPSA) is 92.3 Å². The number of rotatable bonds is 8. The zero-order valence-electron chi connectivity index (χ0n) is 17.0. The number of esters is 1. The van der Waals surface area contributed by atoms with E-state index in [4.69, 9.17) is 23.7 Å². The lowest BCUT2D eigenvalue weighted by Crippen LogP contribution is -2.30. The van der Waals surface area contributed by atoms with Crippen molar-refractivity contribution < 1.29 is 33.3 Å². The summed E-state index contributed by atoms with van der Waals surface area (Å²) in [7, 11) is 3.04.